The van der Waals surface area contributed by atoms with Crippen molar-refractivity contribution in [3.63, 3.8) is 0 Å². The van der Waals surface area contributed by atoms with E-state index in [0.29, 0.717) is 11.6 Å². The third kappa shape index (κ3) is 1.88. The maximum atomic E-state index is 10.7. The molecule has 0 saturated heterocycles. The first-order chi connectivity index (χ1) is 8.36. The molecule has 0 radical (unpaired) electrons. The first-order valence-corrected chi connectivity index (χ1v) is 5.93. The van der Waals surface area contributed by atoms with Gasteiger partial charge in [0.2, 0.25) is 0 Å². The van der Waals surface area contributed by atoms with Crippen molar-refractivity contribution in [3.8, 4) is 0 Å². The van der Waals surface area contributed by atoms with Crippen molar-refractivity contribution in [2.45, 2.75) is 25.3 Å². The molecule has 3 heteroatoms. The molecule has 1 aliphatic rings. The maximum absolute atomic E-state index is 10.7. The number of aryl methyl sites for hydroxylation is 1. The number of aldehydes is 1. The van der Waals surface area contributed by atoms with Gasteiger partial charge < -0.3 is 4.57 Å². The van der Waals surface area contributed by atoms with Gasteiger partial charge in [-0.1, -0.05) is 30.3 Å². The number of carbonyl (C=O) groups is 1. The van der Waals surface area contributed by atoms with Crippen molar-refractivity contribution in [1.29, 1.82) is 0 Å². The van der Waals surface area contributed by atoms with E-state index in [4.69, 9.17) is 0 Å². The minimum atomic E-state index is 0.539. The summed E-state index contributed by atoms with van der Waals surface area (Å²) in [4.78, 5) is 15.0. The molecule has 2 heterocycles. The Bertz CT molecular complexity index is 530. The summed E-state index contributed by atoms with van der Waals surface area (Å²) in [6, 6.07) is 10.5. The zero-order valence-electron chi connectivity index (χ0n) is 9.54. The Balaban J connectivity index is 1.87. The predicted molar refractivity (Wildman–Crippen MR) is 65.1 cm³/mol. The SMILES string of the molecule is O=Cc1cn2c(n1)CCC(c1ccccc1)C2. The van der Waals surface area contributed by atoms with Crippen molar-refractivity contribution in [2.75, 3.05) is 0 Å². The summed E-state index contributed by atoms with van der Waals surface area (Å²) in [6.07, 6.45) is 4.74. The Kier molecular flexibility index (Phi) is 2.52. The highest BCUT2D eigenvalue weighted by Crippen LogP contribution is 2.28. The number of aromatic nitrogens is 2. The number of benzene rings is 1. The number of nitrogens with zero attached hydrogens (tertiary/aromatic N) is 2. The number of hydrogen-bond donors (Lipinski definition) is 0. The lowest BCUT2D eigenvalue weighted by Crippen LogP contribution is -2.18. The zero-order valence-corrected chi connectivity index (χ0v) is 9.54. The average Bonchev–Trinajstić information content (AvgIpc) is 2.81. The lowest BCUT2D eigenvalue weighted by atomic mass is 9.92. The van der Waals surface area contributed by atoms with Crippen molar-refractivity contribution in [1.82, 2.24) is 9.55 Å². The van der Waals surface area contributed by atoms with Gasteiger partial charge in [-0.05, 0) is 12.0 Å². The van der Waals surface area contributed by atoms with Crippen LogP contribution in [0.3, 0.4) is 0 Å². The third-order valence-electron chi connectivity index (χ3n) is 3.40. The van der Waals surface area contributed by atoms with E-state index in [-0.39, 0.29) is 0 Å². The summed E-state index contributed by atoms with van der Waals surface area (Å²) in [7, 11) is 0. The van der Waals surface area contributed by atoms with E-state index in [0.717, 1.165) is 31.5 Å². The molecular weight excluding hydrogens is 212 g/mol. The standard InChI is InChI=1S/C14H14N2O/c17-10-13-9-16-8-12(6-7-14(16)15-13)11-4-2-1-3-5-11/h1-5,9-10,12H,6-8H2. The van der Waals surface area contributed by atoms with Gasteiger partial charge in [0, 0.05) is 25.1 Å². The lowest BCUT2D eigenvalue weighted by Gasteiger charge is -2.23. The molecule has 0 amide bonds. The van der Waals surface area contributed by atoms with Crippen LogP contribution in [0.25, 0.3) is 0 Å². The fourth-order valence-corrected chi connectivity index (χ4v) is 2.52. The molecule has 3 rings (SSSR count). The molecule has 0 saturated carbocycles. The van der Waals surface area contributed by atoms with E-state index in [1.807, 2.05) is 12.3 Å². The van der Waals surface area contributed by atoms with Crippen LogP contribution in [0.4, 0.5) is 0 Å². The van der Waals surface area contributed by atoms with E-state index in [1.165, 1.54) is 5.56 Å². The summed E-state index contributed by atoms with van der Waals surface area (Å²) in [6.45, 7) is 0.931. The van der Waals surface area contributed by atoms with E-state index in [1.54, 1.807) is 0 Å². The molecular formula is C14H14N2O. The minimum Gasteiger partial charge on any atom is -0.334 e. The summed E-state index contributed by atoms with van der Waals surface area (Å²) >= 11 is 0. The van der Waals surface area contributed by atoms with Gasteiger partial charge in [-0.15, -0.1) is 0 Å². The highest BCUT2D eigenvalue weighted by Gasteiger charge is 2.21. The Hall–Kier alpha value is -1.90. The van der Waals surface area contributed by atoms with Gasteiger partial charge in [-0.3, -0.25) is 4.79 Å². The fourth-order valence-electron chi connectivity index (χ4n) is 2.52. The van der Waals surface area contributed by atoms with Crippen LogP contribution in [-0.4, -0.2) is 15.8 Å². The van der Waals surface area contributed by atoms with Crippen molar-refractivity contribution < 1.29 is 4.79 Å². The fraction of sp³-hybridized carbons (Fsp3) is 0.286. The number of rotatable bonds is 2. The molecule has 1 aliphatic heterocycles. The molecule has 0 N–H and O–H groups in total. The Morgan fingerprint density at radius 3 is 2.88 bits per heavy atom. The van der Waals surface area contributed by atoms with Crippen molar-refractivity contribution >= 4 is 6.29 Å². The molecule has 0 spiro atoms. The second kappa shape index (κ2) is 4.17. The molecule has 17 heavy (non-hydrogen) atoms. The van der Waals surface area contributed by atoms with E-state index in [9.17, 15) is 4.79 Å². The summed E-state index contributed by atoms with van der Waals surface area (Å²) < 4.78 is 2.12. The minimum absolute atomic E-state index is 0.539. The molecule has 1 unspecified atom stereocenters. The van der Waals surface area contributed by atoms with Crippen LogP contribution in [0.1, 0.15) is 34.2 Å². The van der Waals surface area contributed by atoms with Gasteiger partial charge in [-0.25, -0.2) is 4.98 Å². The topological polar surface area (TPSA) is 34.9 Å². The Morgan fingerprint density at radius 1 is 1.29 bits per heavy atom. The molecule has 1 atom stereocenters. The highest BCUT2D eigenvalue weighted by atomic mass is 16.1. The second-order valence-electron chi connectivity index (χ2n) is 4.50. The number of carbonyl (C=O) groups excluding carboxylic acids is 1. The van der Waals surface area contributed by atoms with Gasteiger partial charge in [0.1, 0.15) is 11.5 Å². The first kappa shape index (κ1) is 10.3. The van der Waals surface area contributed by atoms with Crippen LogP contribution >= 0.6 is 0 Å². The summed E-state index contributed by atoms with van der Waals surface area (Å²) in [5.41, 5.74) is 1.92. The van der Waals surface area contributed by atoms with Gasteiger partial charge in [0.05, 0.1) is 0 Å². The van der Waals surface area contributed by atoms with Crippen molar-refractivity contribution in [2.24, 2.45) is 0 Å². The zero-order chi connectivity index (χ0) is 11.7. The quantitative estimate of drug-likeness (QED) is 0.737. The number of hydrogen-bond acceptors (Lipinski definition) is 2. The summed E-state index contributed by atoms with van der Waals surface area (Å²) in [5, 5.41) is 0. The predicted octanol–water partition coefficient (Wildman–Crippen LogP) is 2.43. The molecule has 0 bridgehead atoms. The van der Waals surface area contributed by atoms with Gasteiger partial charge in [-0.2, -0.15) is 0 Å². The third-order valence-corrected chi connectivity index (χ3v) is 3.40. The number of imidazole rings is 1. The van der Waals surface area contributed by atoms with E-state index in [2.05, 4.69) is 33.8 Å². The molecule has 3 nitrogen and oxygen atoms in total. The van der Waals surface area contributed by atoms with Crippen LogP contribution in [0.15, 0.2) is 36.5 Å². The molecule has 2 aromatic rings. The molecule has 0 fully saturated rings. The lowest BCUT2D eigenvalue weighted by molar-refractivity contribution is 0.111. The second-order valence-corrected chi connectivity index (χ2v) is 4.50. The Labute approximate surface area is 100 Å². The largest absolute Gasteiger partial charge is 0.334 e. The number of fused-ring (bicyclic) bond motifs is 1. The van der Waals surface area contributed by atoms with Crippen LogP contribution in [0.5, 0.6) is 0 Å². The summed E-state index contributed by atoms with van der Waals surface area (Å²) in [5.74, 6) is 1.58. The van der Waals surface area contributed by atoms with Crippen LogP contribution in [-0.2, 0) is 13.0 Å². The van der Waals surface area contributed by atoms with Crippen LogP contribution in [0.2, 0.25) is 0 Å². The maximum Gasteiger partial charge on any atom is 0.170 e. The van der Waals surface area contributed by atoms with Gasteiger partial charge in [0.15, 0.2) is 6.29 Å². The first-order valence-electron chi connectivity index (χ1n) is 5.93. The van der Waals surface area contributed by atoms with Gasteiger partial charge in [0.25, 0.3) is 0 Å². The van der Waals surface area contributed by atoms with Gasteiger partial charge >= 0.3 is 0 Å². The van der Waals surface area contributed by atoms with E-state index < -0.39 is 0 Å². The van der Waals surface area contributed by atoms with Crippen LogP contribution < -0.4 is 0 Å². The average molecular weight is 226 g/mol. The monoisotopic (exact) mass is 226 g/mol. The molecule has 0 aliphatic carbocycles. The molecule has 1 aromatic heterocycles. The molecule has 1 aromatic carbocycles. The Morgan fingerprint density at radius 2 is 2.12 bits per heavy atom. The normalized spacial score (nSPS) is 18.7. The smallest absolute Gasteiger partial charge is 0.170 e. The van der Waals surface area contributed by atoms with E-state index >= 15 is 0 Å². The van der Waals surface area contributed by atoms with Crippen molar-refractivity contribution in [3.05, 3.63) is 53.6 Å². The molecule has 86 valence electrons. The van der Waals surface area contributed by atoms with Crippen LogP contribution in [0, 0.1) is 0 Å². The highest BCUT2D eigenvalue weighted by molar-refractivity contribution is 5.71.